The molecule has 0 aliphatic carbocycles. The van der Waals surface area contributed by atoms with Gasteiger partial charge in [-0.15, -0.1) is 0 Å². The van der Waals surface area contributed by atoms with E-state index in [-0.39, 0.29) is 12.5 Å². The number of carbonyl (C=O) groups excluding carboxylic acids is 2. The molecule has 0 saturated carbocycles. The molecule has 0 saturated heterocycles. The minimum absolute atomic E-state index is 0.157. The molecule has 0 aromatic rings. The van der Waals surface area contributed by atoms with Gasteiger partial charge in [0.2, 0.25) is 11.8 Å². The van der Waals surface area contributed by atoms with Gasteiger partial charge in [0.1, 0.15) is 6.42 Å². The number of nitrogens with zero attached hydrogens (tertiary/aromatic N) is 1. The first kappa shape index (κ1) is 14.4. The standard InChI is InChI=1S/C9H16N2O5/c1-11(8(13)5-9(14)15)6-7(12)10-3-4-16-2/h3-6H2,1-2H3,(H,10,12)(H,14,15). The minimum Gasteiger partial charge on any atom is -0.481 e. The van der Waals surface area contributed by atoms with E-state index in [1.165, 1.54) is 14.2 Å². The van der Waals surface area contributed by atoms with E-state index in [2.05, 4.69) is 5.32 Å². The Morgan fingerprint density at radius 2 is 2.00 bits per heavy atom. The van der Waals surface area contributed by atoms with Crippen LogP contribution in [0.15, 0.2) is 0 Å². The number of carbonyl (C=O) groups is 3. The third-order valence-corrected chi connectivity index (χ3v) is 1.74. The molecule has 0 radical (unpaired) electrons. The summed E-state index contributed by atoms with van der Waals surface area (Å²) >= 11 is 0. The first-order valence-electron chi connectivity index (χ1n) is 4.68. The smallest absolute Gasteiger partial charge is 0.312 e. The fraction of sp³-hybridized carbons (Fsp3) is 0.667. The van der Waals surface area contributed by atoms with Crippen molar-refractivity contribution in [3.63, 3.8) is 0 Å². The molecule has 7 nitrogen and oxygen atoms in total. The number of rotatable bonds is 7. The Hall–Kier alpha value is -1.63. The molecular weight excluding hydrogens is 216 g/mol. The summed E-state index contributed by atoms with van der Waals surface area (Å²) in [6.45, 7) is 0.588. The predicted octanol–water partition coefficient (Wildman–Crippen LogP) is -1.32. The molecule has 0 bridgehead atoms. The second kappa shape index (κ2) is 7.63. The van der Waals surface area contributed by atoms with Crippen LogP contribution in [0, 0.1) is 0 Å². The summed E-state index contributed by atoms with van der Waals surface area (Å²) in [5, 5.41) is 10.9. The number of carboxylic acid groups (broad SMARTS) is 1. The summed E-state index contributed by atoms with van der Waals surface area (Å²) in [6, 6.07) is 0. The van der Waals surface area contributed by atoms with Crippen LogP contribution in [-0.2, 0) is 19.1 Å². The maximum absolute atomic E-state index is 11.2. The van der Waals surface area contributed by atoms with E-state index in [4.69, 9.17) is 9.84 Å². The number of likely N-dealkylation sites (N-methyl/N-ethyl adjacent to an activating group) is 1. The Labute approximate surface area is 93.4 Å². The average Bonchev–Trinajstić information content (AvgIpc) is 2.16. The fourth-order valence-electron chi connectivity index (χ4n) is 0.916. The van der Waals surface area contributed by atoms with Crippen LogP contribution >= 0.6 is 0 Å². The molecule has 0 atom stereocenters. The lowest BCUT2D eigenvalue weighted by atomic mass is 10.3. The second-order valence-corrected chi connectivity index (χ2v) is 3.16. The van der Waals surface area contributed by atoms with Crippen molar-refractivity contribution in [3.8, 4) is 0 Å². The average molecular weight is 232 g/mol. The number of aliphatic carboxylic acids is 1. The molecule has 0 aliphatic rings. The summed E-state index contributed by atoms with van der Waals surface area (Å²) in [5.41, 5.74) is 0. The number of ether oxygens (including phenoxy) is 1. The van der Waals surface area contributed by atoms with Crippen molar-refractivity contribution in [2.24, 2.45) is 0 Å². The molecule has 0 aromatic heterocycles. The van der Waals surface area contributed by atoms with Crippen LogP contribution in [0.4, 0.5) is 0 Å². The zero-order valence-electron chi connectivity index (χ0n) is 9.36. The lowest BCUT2D eigenvalue weighted by molar-refractivity contribution is -0.145. The first-order chi connectivity index (χ1) is 7.47. The molecule has 2 amide bonds. The van der Waals surface area contributed by atoms with Crippen molar-refractivity contribution < 1.29 is 24.2 Å². The van der Waals surface area contributed by atoms with Gasteiger partial charge in [0, 0.05) is 20.7 Å². The van der Waals surface area contributed by atoms with Gasteiger partial charge in [0.25, 0.3) is 0 Å². The highest BCUT2D eigenvalue weighted by Gasteiger charge is 2.15. The molecule has 0 heterocycles. The topological polar surface area (TPSA) is 95.9 Å². The Bertz CT molecular complexity index is 267. The molecule has 0 aliphatic heterocycles. The van der Waals surface area contributed by atoms with Crippen LogP contribution < -0.4 is 5.32 Å². The number of nitrogens with one attached hydrogen (secondary N) is 1. The van der Waals surface area contributed by atoms with Crippen molar-refractivity contribution in [1.82, 2.24) is 10.2 Å². The first-order valence-corrected chi connectivity index (χ1v) is 4.68. The molecule has 7 heteroatoms. The van der Waals surface area contributed by atoms with Gasteiger partial charge in [-0.1, -0.05) is 0 Å². The van der Waals surface area contributed by atoms with Crippen LogP contribution in [0.1, 0.15) is 6.42 Å². The number of amides is 2. The Balaban J connectivity index is 3.85. The molecule has 0 fully saturated rings. The molecule has 0 unspecified atom stereocenters. The zero-order chi connectivity index (χ0) is 12.6. The van der Waals surface area contributed by atoms with Crippen molar-refractivity contribution >= 4 is 17.8 Å². The van der Waals surface area contributed by atoms with Gasteiger partial charge in [-0.2, -0.15) is 0 Å². The monoisotopic (exact) mass is 232 g/mol. The van der Waals surface area contributed by atoms with Crippen molar-refractivity contribution in [1.29, 1.82) is 0 Å². The van der Waals surface area contributed by atoms with Crippen molar-refractivity contribution in [2.45, 2.75) is 6.42 Å². The third-order valence-electron chi connectivity index (χ3n) is 1.74. The second-order valence-electron chi connectivity index (χ2n) is 3.16. The van der Waals surface area contributed by atoms with Crippen LogP contribution in [-0.4, -0.2) is 61.6 Å². The van der Waals surface area contributed by atoms with E-state index in [0.29, 0.717) is 13.2 Å². The number of hydrogen-bond donors (Lipinski definition) is 2. The SMILES string of the molecule is COCCNC(=O)CN(C)C(=O)CC(=O)O. The highest BCUT2D eigenvalue weighted by atomic mass is 16.5. The Kier molecular flexibility index (Phi) is 6.86. The lowest BCUT2D eigenvalue weighted by Gasteiger charge is -2.15. The summed E-state index contributed by atoms with van der Waals surface area (Å²) in [6.07, 6.45) is -0.609. The maximum atomic E-state index is 11.2. The molecule has 16 heavy (non-hydrogen) atoms. The van der Waals surface area contributed by atoms with Gasteiger partial charge >= 0.3 is 5.97 Å². The van der Waals surface area contributed by atoms with Gasteiger partial charge < -0.3 is 20.1 Å². The predicted molar refractivity (Wildman–Crippen MR) is 54.8 cm³/mol. The molecule has 92 valence electrons. The normalized spacial score (nSPS) is 9.62. The van der Waals surface area contributed by atoms with Gasteiger partial charge in [-0.25, -0.2) is 0 Å². The van der Waals surface area contributed by atoms with Crippen LogP contribution in [0.2, 0.25) is 0 Å². The van der Waals surface area contributed by atoms with Gasteiger partial charge in [-0.05, 0) is 0 Å². The van der Waals surface area contributed by atoms with Crippen molar-refractivity contribution in [3.05, 3.63) is 0 Å². The highest BCUT2D eigenvalue weighted by molar-refractivity contribution is 5.95. The Morgan fingerprint density at radius 1 is 1.38 bits per heavy atom. The molecular formula is C9H16N2O5. The fourth-order valence-corrected chi connectivity index (χ4v) is 0.916. The quantitative estimate of drug-likeness (QED) is 0.419. The van der Waals surface area contributed by atoms with E-state index < -0.39 is 18.3 Å². The maximum Gasteiger partial charge on any atom is 0.312 e. The largest absolute Gasteiger partial charge is 0.481 e. The van der Waals surface area contributed by atoms with E-state index in [1.807, 2.05) is 0 Å². The zero-order valence-corrected chi connectivity index (χ0v) is 9.36. The third kappa shape index (κ3) is 6.77. The van der Waals surface area contributed by atoms with Gasteiger partial charge in [-0.3, -0.25) is 14.4 Å². The summed E-state index contributed by atoms with van der Waals surface area (Å²) in [4.78, 5) is 33.7. The number of methoxy groups -OCH3 is 1. The minimum atomic E-state index is -1.21. The van der Waals surface area contributed by atoms with Gasteiger partial charge in [0.15, 0.2) is 0 Å². The van der Waals surface area contributed by atoms with Crippen molar-refractivity contribution in [2.75, 3.05) is 33.9 Å². The van der Waals surface area contributed by atoms with E-state index in [1.54, 1.807) is 0 Å². The lowest BCUT2D eigenvalue weighted by Crippen LogP contribution is -2.39. The Morgan fingerprint density at radius 3 is 2.50 bits per heavy atom. The summed E-state index contributed by atoms with van der Waals surface area (Å²) < 4.78 is 4.72. The highest BCUT2D eigenvalue weighted by Crippen LogP contribution is 1.90. The summed E-state index contributed by atoms with van der Waals surface area (Å²) in [5.74, 6) is -2.16. The molecule has 2 N–H and O–H groups in total. The molecule has 0 rings (SSSR count). The van der Waals surface area contributed by atoms with E-state index >= 15 is 0 Å². The van der Waals surface area contributed by atoms with Crippen LogP contribution in [0.25, 0.3) is 0 Å². The van der Waals surface area contributed by atoms with Gasteiger partial charge in [0.05, 0.1) is 13.2 Å². The van der Waals surface area contributed by atoms with Crippen LogP contribution in [0.3, 0.4) is 0 Å². The van der Waals surface area contributed by atoms with Crippen LogP contribution in [0.5, 0.6) is 0 Å². The van der Waals surface area contributed by atoms with E-state index in [0.717, 1.165) is 4.90 Å². The number of carboxylic acids is 1. The molecule has 0 spiro atoms. The summed E-state index contributed by atoms with van der Waals surface area (Å²) in [7, 11) is 2.88. The number of hydrogen-bond acceptors (Lipinski definition) is 4. The van der Waals surface area contributed by atoms with E-state index in [9.17, 15) is 14.4 Å². The molecule has 0 aromatic carbocycles.